The van der Waals surface area contributed by atoms with Crippen molar-refractivity contribution in [1.82, 2.24) is 14.5 Å². The highest BCUT2D eigenvalue weighted by Gasteiger charge is 2.01. The van der Waals surface area contributed by atoms with Gasteiger partial charge in [-0.05, 0) is 25.9 Å². The van der Waals surface area contributed by atoms with Gasteiger partial charge in [-0.2, -0.15) is 0 Å². The fourth-order valence-corrected chi connectivity index (χ4v) is 1.73. The lowest BCUT2D eigenvalue weighted by Crippen LogP contribution is -2.31. The molecule has 4 heteroatoms. The second kappa shape index (κ2) is 7.43. The summed E-state index contributed by atoms with van der Waals surface area (Å²) in [7, 11) is 0. The summed E-state index contributed by atoms with van der Waals surface area (Å²) in [5.41, 5.74) is 5.57. The molecule has 0 radical (unpaired) electrons. The van der Waals surface area contributed by atoms with E-state index in [1.807, 2.05) is 18.7 Å². The Morgan fingerprint density at radius 2 is 2.20 bits per heavy atom. The van der Waals surface area contributed by atoms with Gasteiger partial charge in [0.2, 0.25) is 0 Å². The summed E-state index contributed by atoms with van der Waals surface area (Å²) in [6.45, 7) is 7.30. The van der Waals surface area contributed by atoms with Gasteiger partial charge in [-0.3, -0.25) is 0 Å². The summed E-state index contributed by atoms with van der Waals surface area (Å²) in [5.74, 6) is 0. The fraction of sp³-hybridized carbons (Fsp3) is 0.727. The zero-order chi connectivity index (χ0) is 10.9. The van der Waals surface area contributed by atoms with Gasteiger partial charge in [0.15, 0.2) is 0 Å². The van der Waals surface area contributed by atoms with Crippen LogP contribution in [0.15, 0.2) is 18.7 Å². The first-order valence-electron chi connectivity index (χ1n) is 5.75. The largest absolute Gasteiger partial charge is 0.337 e. The number of nitrogens with zero attached hydrogens (tertiary/aromatic N) is 3. The average molecular weight is 210 g/mol. The molecule has 1 aromatic heterocycles. The third-order valence-corrected chi connectivity index (χ3v) is 2.44. The van der Waals surface area contributed by atoms with E-state index in [0.717, 1.165) is 39.1 Å². The van der Waals surface area contributed by atoms with Gasteiger partial charge in [0.05, 0.1) is 6.33 Å². The molecule has 4 nitrogen and oxygen atoms in total. The average Bonchev–Trinajstić information content (AvgIpc) is 2.71. The lowest BCUT2D eigenvalue weighted by Gasteiger charge is -2.20. The number of nitrogens with two attached hydrogens (primary N) is 1. The van der Waals surface area contributed by atoms with Gasteiger partial charge in [0.25, 0.3) is 0 Å². The molecule has 0 bridgehead atoms. The molecule has 15 heavy (non-hydrogen) atoms. The van der Waals surface area contributed by atoms with Crippen molar-refractivity contribution in [2.24, 2.45) is 5.73 Å². The molecule has 0 aliphatic heterocycles. The molecule has 0 saturated heterocycles. The summed E-state index contributed by atoms with van der Waals surface area (Å²) in [5, 5.41) is 0. The molecule has 0 aromatic carbocycles. The number of rotatable bonds is 8. The molecule has 0 fully saturated rings. The van der Waals surface area contributed by atoms with Crippen molar-refractivity contribution in [2.45, 2.75) is 26.3 Å². The first-order chi connectivity index (χ1) is 7.36. The molecule has 0 saturated carbocycles. The van der Waals surface area contributed by atoms with E-state index >= 15 is 0 Å². The molecule has 1 aromatic rings. The Balaban J connectivity index is 2.15. The molecule has 1 heterocycles. The molecule has 0 aliphatic carbocycles. The Bertz CT molecular complexity index is 227. The minimum absolute atomic E-state index is 0.755. The second-order valence-electron chi connectivity index (χ2n) is 3.78. The Morgan fingerprint density at radius 1 is 1.33 bits per heavy atom. The van der Waals surface area contributed by atoms with Gasteiger partial charge in [0, 0.05) is 32.0 Å². The normalized spacial score (nSPS) is 11.1. The van der Waals surface area contributed by atoms with Gasteiger partial charge in [-0.25, -0.2) is 4.98 Å². The van der Waals surface area contributed by atoms with Crippen LogP contribution in [0.2, 0.25) is 0 Å². The van der Waals surface area contributed by atoms with Crippen LogP contribution in [0, 0.1) is 0 Å². The van der Waals surface area contributed by atoms with E-state index in [1.54, 1.807) is 0 Å². The number of hydrogen-bond acceptors (Lipinski definition) is 3. The van der Waals surface area contributed by atoms with Gasteiger partial charge in [-0.1, -0.05) is 6.92 Å². The first-order valence-corrected chi connectivity index (χ1v) is 5.75. The monoisotopic (exact) mass is 210 g/mol. The molecule has 0 unspecified atom stereocenters. The Labute approximate surface area is 92.1 Å². The van der Waals surface area contributed by atoms with Crippen LogP contribution in [0.5, 0.6) is 0 Å². The Hall–Kier alpha value is -0.870. The zero-order valence-electron chi connectivity index (χ0n) is 9.60. The summed E-state index contributed by atoms with van der Waals surface area (Å²) >= 11 is 0. The fourth-order valence-electron chi connectivity index (χ4n) is 1.73. The molecule has 0 spiro atoms. The van der Waals surface area contributed by atoms with Crippen LogP contribution < -0.4 is 5.73 Å². The minimum atomic E-state index is 0.755. The van der Waals surface area contributed by atoms with Crippen molar-refractivity contribution in [1.29, 1.82) is 0 Å². The van der Waals surface area contributed by atoms with E-state index in [4.69, 9.17) is 5.73 Å². The van der Waals surface area contributed by atoms with Gasteiger partial charge in [-0.15, -0.1) is 0 Å². The third kappa shape index (κ3) is 4.95. The van der Waals surface area contributed by atoms with E-state index in [2.05, 4.69) is 21.4 Å². The highest BCUT2D eigenvalue weighted by Crippen LogP contribution is 1.96. The summed E-state index contributed by atoms with van der Waals surface area (Å²) in [6.07, 6.45) is 8.06. The van der Waals surface area contributed by atoms with E-state index in [-0.39, 0.29) is 0 Å². The predicted molar refractivity (Wildman–Crippen MR) is 62.6 cm³/mol. The summed E-state index contributed by atoms with van der Waals surface area (Å²) in [6, 6.07) is 0. The van der Waals surface area contributed by atoms with Gasteiger partial charge in [0.1, 0.15) is 0 Å². The van der Waals surface area contributed by atoms with E-state index in [1.165, 1.54) is 6.42 Å². The first kappa shape index (κ1) is 12.2. The van der Waals surface area contributed by atoms with Crippen LogP contribution in [0.25, 0.3) is 0 Å². The summed E-state index contributed by atoms with van der Waals surface area (Å²) in [4.78, 5) is 6.45. The summed E-state index contributed by atoms with van der Waals surface area (Å²) < 4.78 is 2.12. The van der Waals surface area contributed by atoms with E-state index in [9.17, 15) is 0 Å². The van der Waals surface area contributed by atoms with E-state index in [0.29, 0.717) is 0 Å². The standard InChI is InChI=1S/C11H22N4/c1-2-6-14(9-4-12)7-3-8-15-10-5-13-11-15/h5,10-11H,2-4,6-9,12H2,1H3. The van der Waals surface area contributed by atoms with Crippen LogP contribution in [-0.2, 0) is 6.54 Å². The molecule has 0 amide bonds. The molecule has 1 rings (SSSR count). The molecular weight excluding hydrogens is 188 g/mol. The maximum Gasteiger partial charge on any atom is 0.0945 e. The Morgan fingerprint density at radius 3 is 2.80 bits per heavy atom. The van der Waals surface area contributed by atoms with Crippen molar-refractivity contribution < 1.29 is 0 Å². The van der Waals surface area contributed by atoms with Crippen LogP contribution in [0.1, 0.15) is 19.8 Å². The minimum Gasteiger partial charge on any atom is -0.337 e. The van der Waals surface area contributed by atoms with Crippen molar-refractivity contribution in [2.75, 3.05) is 26.2 Å². The smallest absolute Gasteiger partial charge is 0.0945 e. The van der Waals surface area contributed by atoms with Gasteiger partial charge >= 0.3 is 0 Å². The number of aromatic nitrogens is 2. The van der Waals surface area contributed by atoms with E-state index < -0.39 is 0 Å². The van der Waals surface area contributed by atoms with Crippen molar-refractivity contribution >= 4 is 0 Å². The third-order valence-electron chi connectivity index (χ3n) is 2.44. The van der Waals surface area contributed by atoms with Crippen LogP contribution in [0.4, 0.5) is 0 Å². The van der Waals surface area contributed by atoms with Crippen molar-refractivity contribution in [3.8, 4) is 0 Å². The van der Waals surface area contributed by atoms with Gasteiger partial charge < -0.3 is 15.2 Å². The second-order valence-corrected chi connectivity index (χ2v) is 3.78. The molecule has 86 valence electrons. The zero-order valence-corrected chi connectivity index (χ0v) is 9.60. The lowest BCUT2D eigenvalue weighted by atomic mass is 10.3. The molecular formula is C11H22N4. The maximum absolute atomic E-state index is 5.57. The van der Waals surface area contributed by atoms with Crippen LogP contribution >= 0.6 is 0 Å². The maximum atomic E-state index is 5.57. The SMILES string of the molecule is CCCN(CCN)CCCn1ccnc1. The van der Waals surface area contributed by atoms with Crippen molar-refractivity contribution in [3.63, 3.8) is 0 Å². The van der Waals surface area contributed by atoms with Crippen molar-refractivity contribution in [3.05, 3.63) is 18.7 Å². The highest BCUT2D eigenvalue weighted by molar-refractivity contribution is 4.74. The lowest BCUT2D eigenvalue weighted by molar-refractivity contribution is 0.272. The van der Waals surface area contributed by atoms with Crippen LogP contribution in [-0.4, -0.2) is 40.6 Å². The predicted octanol–water partition coefficient (Wildman–Crippen LogP) is 0.944. The molecule has 2 N–H and O–H groups in total. The number of imidazole rings is 1. The quantitative estimate of drug-likeness (QED) is 0.695. The van der Waals surface area contributed by atoms with Crippen LogP contribution in [0.3, 0.4) is 0 Å². The highest BCUT2D eigenvalue weighted by atomic mass is 15.1. The molecule has 0 aliphatic rings. The number of aryl methyl sites for hydroxylation is 1. The topological polar surface area (TPSA) is 47.1 Å². The molecule has 0 atom stereocenters. The Kier molecular flexibility index (Phi) is 6.04. The number of hydrogen-bond donors (Lipinski definition) is 1.